The number of sulfonamides is 1. The fourth-order valence-electron chi connectivity index (χ4n) is 1.73. The largest absolute Gasteiger partial charge is 0.348 e. The third kappa shape index (κ3) is 4.80. The van der Waals surface area contributed by atoms with Crippen LogP contribution < -0.4 is 16.2 Å². The first-order chi connectivity index (χ1) is 9.43. The SMILES string of the molecule is CC(NC(=O)[C@H](N)C(C)(C)C)c1ccc(S(N)(=O)=O)cc1. The average molecular weight is 313 g/mol. The molecule has 0 heterocycles. The lowest BCUT2D eigenvalue weighted by atomic mass is 9.86. The molecule has 1 unspecified atom stereocenters. The van der Waals surface area contributed by atoms with Gasteiger partial charge in [-0.05, 0) is 30.0 Å². The Kier molecular flexibility index (Phi) is 5.14. The first-order valence-corrected chi connectivity index (χ1v) is 8.16. The predicted molar refractivity (Wildman–Crippen MR) is 81.8 cm³/mol. The molecule has 0 bridgehead atoms. The van der Waals surface area contributed by atoms with Gasteiger partial charge in [0.25, 0.3) is 0 Å². The number of amides is 1. The summed E-state index contributed by atoms with van der Waals surface area (Å²) in [6.07, 6.45) is 0. The monoisotopic (exact) mass is 313 g/mol. The van der Waals surface area contributed by atoms with Gasteiger partial charge in [0.2, 0.25) is 15.9 Å². The Bertz CT molecular complexity index is 603. The van der Waals surface area contributed by atoms with Gasteiger partial charge in [0, 0.05) is 0 Å². The van der Waals surface area contributed by atoms with Crippen LogP contribution in [-0.2, 0) is 14.8 Å². The molecule has 1 aromatic rings. The highest BCUT2D eigenvalue weighted by Gasteiger charge is 2.28. The van der Waals surface area contributed by atoms with Gasteiger partial charge in [-0.1, -0.05) is 32.9 Å². The molecule has 118 valence electrons. The normalized spacial score (nSPS) is 15.3. The number of carbonyl (C=O) groups is 1. The molecular weight excluding hydrogens is 290 g/mol. The minimum atomic E-state index is -3.71. The first-order valence-electron chi connectivity index (χ1n) is 6.61. The fourth-order valence-corrected chi connectivity index (χ4v) is 2.24. The number of benzene rings is 1. The zero-order chi connectivity index (χ0) is 16.4. The van der Waals surface area contributed by atoms with E-state index in [1.165, 1.54) is 12.1 Å². The fraction of sp³-hybridized carbons (Fsp3) is 0.500. The van der Waals surface area contributed by atoms with Crippen molar-refractivity contribution in [2.24, 2.45) is 16.3 Å². The van der Waals surface area contributed by atoms with Crippen molar-refractivity contribution in [2.75, 3.05) is 0 Å². The smallest absolute Gasteiger partial charge is 0.238 e. The molecule has 0 aliphatic heterocycles. The number of rotatable bonds is 4. The van der Waals surface area contributed by atoms with E-state index in [0.29, 0.717) is 0 Å². The van der Waals surface area contributed by atoms with Crippen molar-refractivity contribution in [1.82, 2.24) is 5.32 Å². The molecular formula is C14H23N3O3S. The van der Waals surface area contributed by atoms with E-state index in [1.54, 1.807) is 19.1 Å². The van der Waals surface area contributed by atoms with Crippen LogP contribution in [0.3, 0.4) is 0 Å². The van der Waals surface area contributed by atoms with Crippen molar-refractivity contribution in [1.29, 1.82) is 0 Å². The van der Waals surface area contributed by atoms with E-state index < -0.39 is 16.1 Å². The van der Waals surface area contributed by atoms with Gasteiger partial charge in [-0.15, -0.1) is 0 Å². The second-order valence-corrected chi connectivity index (χ2v) is 7.75. The van der Waals surface area contributed by atoms with Crippen molar-refractivity contribution >= 4 is 15.9 Å². The maximum absolute atomic E-state index is 12.0. The molecule has 0 aromatic heterocycles. The number of carbonyl (C=O) groups excluding carboxylic acids is 1. The van der Waals surface area contributed by atoms with Crippen molar-refractivity contribution in [3.8, 4) is 0 Å². The van der Waals surface area contributed by atoms with E-state index in [4.69, 9.17) is 10.9 Å². The van der Waals surface area contributed by atoms with Crippen LogP contribution in [0, 0.1) is 5.41 Å². The molecule has 0 radical (unpaired) electrons. The molecule has 0 fully saturated rings. The zero-order valence-corrected chi connectivity index (χ0v) is 13.6. The Morgan fingerprint density at radius 3 is 2.05 bits per heavy atom. The number of primary sulfonamides is 1. The Morgan fingerprint density at radius 1 is 1.19 bits per heavy atom. The molecule has 1 amide bonds. The molecule has 5 N–H and O–H groups in total. The topological polar surface area (TPSA) is 115 Å². The summed E-state index contributed by atoms with van der Waals surface area (Å²) in [7, 11) is -3.71. The molecule has 7 heteroatoms. The lowest BCUT2D eigenvalue weighted by Gasteiger charge is -2.27. The Morgan fingerprint density at radius 2 is 1.67 bits per heavy atom. The lowest BCUT2D eigenvalue weighted by Crippen LogP contribution is -2.49. The summed E-state index contributed by atoms with van der Waals surface area (Å²) in [6.45, 7) is 7.48. The van der Waals surface area contributed by atoms with E-state index >= 15 is 0 Å². The predicted octanol–water partition coefficient (Wildman–Crippen LogP) is 0.885. The van der Waals surface area contributed by atoms with Crippen molar-refractivity contribution in [3.05, 3.63) is 29.8 Å². The number of nitrogens with two attached hydrogens (primary N) is 2. The minimum Gasteiger partial charge on any atom is -0.348 e. The standard InChI is InChI=1S/C14H23N3O3S/c1-9(17-13(18)12(15)14(2,3)4)10-5-7-11(8-6-10)21(16,19)20/h5-9,12H,15H2,1-4H3,(H,17,18)(H2,16,19,20)/t9?,12-/m0/s1. The zero-order valence-electron chi connectivity index (χ0n) is 12.8. The molecule has 0 saturated heterocycles. The van der Waals surface area contributed by atoms with Gasteiger partial charge in [0.05, 0.1) is 17.0 Å². The molecule has 6 nitrogen and oxygen atoms in total. The van der Waals surface area contributed by atoms with E-state index in [-0.39, 0.29) is 22.3 Å². The molecule has 2 atom stereocenters. The van der Waals surface area contributed by atoms with Crippen LogP contribution in [0.2, 0.25) is 0 Å². The van der Waals surface area contributed by atoms with Gasteiger partial charge in [-0.25, -0.2) is 13.6 Å². The van der Waals surface area contributed by atoms with Crippen LogP contribution in [0.4, 0.5) is 0 Å². The summed E-state index contributed by atoms with van der Waals surface area (Å²) < 4.78 is 22.4. The molecule has 1 aromatic carbocycles. The minimum absolute atomic E-state index is 0.0381. The van der Waals surface area contributed by atoms with Crippen molar-refractivity contribution in [3.63, 3.8) is 0 Å². The van der Waals surface area contributed by atoms with Crippen LogP contribution in [0.25, 0.3) is 0 Å². The Hall–Kier alpha value is -1.44. The highest BCUT2D eigenvalue weighted by atomic mass is 32.2. The summed E-state index contributed by atoms with van der Waals surface area (Å²) in [5.41, 5.74) is 6.34. The number of hydrogen-bond donors (Lipinski definition) is 3. The molecule has 0 aliphatic rings. The third-order valence-electron chi connectivity index (χ3n) is 3.28. The third-order valence-corrected chi connectivity index (χ3v) is 4.21. The lowest BCUT2D eigenvalue weighted by molar-refractivity contribution is -0.125. The summed E-state index contributed by atoms with van der Waals surface area (Å²) in [5, 5.41) is 7.85. The van der Waals surface area contributed by atoms with Crippen LogP contribution in [0.5, 0.6) is 0 Å². The quantitative estimate of drug-likeness (QED) is 0.765. The highest BCUT2D eigenvalue weighted by molar-refractivity contribution is 7.89. The van der Waals surface area contributed by atoms with Crippen LogP contribution in [-0.4, -0.2) is 20.4 Å². The van der Waals surface area contributed by atoms with Crippen molar-refractivity contribution in [2.45, 2.75) is 44.7 Å². The summed E-state index contributed by atoms with van der Waals surface area (Å²) in [5.74, 6) is -0.245. The van der Waals surface area contributed by atoms with E-state index in [0.717, 1.165) is 5.56 Å². The summed E-state index contributed by atoms with van der Waals surface area (Å²) in [4.78, 5) is 12.1. The molecule has 1 rings (SSSR count). The van der Waals surface area contributed by atoms with E-state index in [1.807, 2.05) is 20.8 Å². The Balaban J connectivity index is 2.81. The van der Waals surface area contributed by atoms with Gasteiger partial charge in [-0.2, -0.15) is 0 Å². The van der Waals surface area contributed by atoms with Gasteiger partial charge >= 0.3 is 0 Å². The van der Waals surface area contributed by atoms with Crippen molar-refractivity contribution < 1.29 is 13.2 Å². The van der Waals surface area contributed by atoms with Crippen LogP contribution in [0.15, 0.2) is 29.2 Å². The van der Waals surface area contributed by atoms with Crippen LogP contribution >= 0.6 is 0 Å². The molecule has 21 heavy (non-hydrogen) atoms. The molecule has 0 saturated carbocycles. The number of hydrogen-bond acceptors (Lipinski definition) is 4. The van der Waals surface area contributed by atoms with Gasteiger partial charge < -0.3 is 11.1 Å². The maximum atomic E-state index is 12.0. The van der Waals surface area contributed by atoms with Gasteiger partial charge in [0.1, 0.15) is 0 Å². The van der Waals surface area contributed by atoms with Gasteiger partial charge in [0.15, 0.2) is 0 Å². The second kappa shape index (κ2) is 6.13. The highest BCUT2D eigenvalue weighted by Crippen LogP contribution is 2.20. The van der Waals surface area contributed by atoms with Gasteiger partial charge in [-0.3, -0.25) is 4.79 Å². The maximum Gasteiger partial charge on any atom is 0.238 e. The van der Waals surface area contributed by atoms with E-state index in [2.05, 4.69) is 5.32 Å². The molecule has 0 aliphatic carbocycles. The molecule has 0 spiro atoms. The summed E-state index contributed by atoms with van der Waals surface area (Å²) >= 11 is 0. The number of nitrogens with one attached hydrogen (secondary N) is 1. The second-order valence-electron chi connectivity index (χ2n) is 6.19. The Labute approximate surface area is 126 Å². The average Bonchev–Trinajstić information content (AvgIpc) is 2.35. The van der Waals surface area contributed by atoms with E-state index in [9.17, 15) is 13.2 Å². The summed E-state index contributed by atoms with van der Waals surface area (Å²) in [6, 6.07) is 5.17. The van der Waals surface area contributed by atoms with Crippen LogP contribution in [0.1, 0.15) is 39.3 Å². The first kappa shape index (κ1) is 17.6.